The second-order valence-electron chi connectivity index (χ2n) is 4.81. The van der Waals surface area contributed by atoms with E-state index in [1.165, 1.54) is 12.5 Å². The molecule has 1 saturated heterocycles. The third-order valence-electron chi connectivity index (χ3n) is 3.17. The molecule has 25 heavy (non-hydrogen) atoms. The summed E-state index contributed by atoms with van der Waals surface area (Å²) in [7, 11) is -3.75. The predicted molar refractivity (Wildman–Crippen MR) is 84.9 cm³/mol. The number of thiazole rings is 1. The van der Waals surface area contributed by atoms with Gasteiger partial charge in [0.2, 0.25) is 0 Å². The van der Waals surface area contributed by atoms with Crippen molar-refractivity contribution in [1.29, 1.82) is 0 Å². The van der Waals surface area contributed by atoms with Gasteiger partial charge in [-0.15, -0.1) is 11.3 Å². The van der Waals surface area contributed by atoms with Gasteiger partial charge in [-0.1, -0.05) is 5.16 Å². The van der Waals surface area contributed by atoms with E-state index in [0.29, 0.717) is 0 Å². The molecule has 2 unspecified atom stereocenters. The molecule has 14 heteroatoms. The summed E-state index contributed by atoms with van der Waals surface area (Å²) in [6.07, 6.45) is 0. The fourth-order valence-electron chi connectivity index (χ4n) is 2.16. The van der Waals surface area contributed by atoms with E-state index < -0.39 is 40.0 Å². The number of carbonyl (C=O) groups excluding carboxylic acids is 3. The minimum Gasteiger partial charge on any atom is -0.398 e. The van der Waals surface area contributed by atoms with Crippen molar-refractivity contribution >= 4 is 50.1 Å². The van der Waals surface area contributed by atoms with E-state index in [9.17, 15) is 22.8 Å². The van der Waals surface area contributed by atoms with Gasteiger partial charge in [-0.05, 0) is 6.92 Å². The van der Waals surface area contributed by atoms with Crippen molar-refractivity contribution in [3.8, 4) is 0 Å². The molecule has 1 aromatic rings. The number of nitrogen functional groups attached to an aromatic ring is 1. The highest BCUT2D eigenvalue weighted by molar-refractivity contribution is 7.84. The molecule has 2 rings (SSSR count). The zero-order valence-corrected chi connectivity index (χ0v) is 14.5. The number of ketones is 1. The van der Waals surface area contributed by atoms with Crippen LogP contribution in [0, 0.1) is 0 Å². The maximum atomic E-state index is 12.3. The highest BCUT2D eigenvalue weighted by atomic mass is 32.2. The van der Waals surface area contributed by atoms with Gasteiger partial charge in [0.05, 0.1) is 0 Å². The highest BCUT2D eigenvalue weighted by Crippen LogP contribution is 2.24. The fraction of sp³-hybridized carbons (Fsp3) is 0.364. The van der Waals surface area contributed by atoms with E-state index in [1.54, 1.807) is 0 Å². The summed E-state index contributed by atoms with van der Waals surface area (Å²) in [5.41, 5.74) is 5.23. The SMILES string of the molecule is CON=C(C(=O)NC1C(=O)N(S(=O)(=O)O)C1C(C)=O)c1csc(N)n1. The first-order chi connectivity index (χ1) is 11.6. The number of oxime groups is 1. The fourth-order valence-corrected chi connectivity index (χ4v) is 3.61. The largest absolute Gasteiger partial charge is 0.398 e. The molecule has 2 atom stereocenters. The summed E-state index contributed by atoms with van der Waals surface area (Å²) in [6.45, 7) is 1.01. The molecule has 1 aromatic heterocycles. The number of rotatable bonds is 6. The van der Waals surface area contributed by atoms with Gasteiger partial charge < -0.3 is 15.9 Å². The first-order valence-corrected chi connectivity index (χ1v) is 8.80. The van der Waals surface area contributed by atoms with Crippen LogP contribution in [0.2, 0.25) is 0 Å². The minimum absolute atomic E-state index is 0.00571. The molecule has 0 radical (unpaired) electrons. The van der Waals surface area contributed by atoms with Crippen LogP contribution >= 0.6 is 11.3 Å². The lowest BCUT2D eigenvalue weighted by atomic mass is 9.95. The van der Waals surface area contributed by atoms with E-state index in [-0.39, 0.29) is 20.8 Å². The van der Waals surface area contributed by atoms with Crippen molar-refractivity contribution in [2.45, 2.75) is 19.0 Å². The van der Waals surface area contributed by atoms with Gasteiger partial charge in [0.15, 0.2) is 16.6 Å². The molecular weight excluding hydrogens is 378 g/mol. The average molecular weight is 391 g/mol. The molecule has 4 N–H and O–H groups in total. The molecule has 0 aromatic carbocycles. The Morgan fingerprint density at radius 2 is 2.16 bits per heavy atom. The number of hydrogen-bond donors (Lipinski definition) is 3. The Bertz CT molecular complexity index is 862. The Kier molecular flexibility index (Phi) is 5.05. The van der Waals surface area contributed by atoms with Crippen LogP contribution in [0.1, 0.15) is 12.6 Å². The number of carbonyl (C=O) groups is 3. The summed E-state index contributed by atoms with van der Waals surface area (Å²) in [4.78, 5) is 44.2. The van der Waals surface area contributed by atoms with Crippen molar-refractivity contribution in [3.05, 3.63) is 11.1 Å². The van der Waals surface area contributed by atoms with Gasteiger partial charge in [0.25, 0.3) is 11.8 Å². The Morgan fingerprint density at radius 3 is 2.60 bits per heavy atom. The first kappa shape index (κ1) is 18.8. The Hall–Kier alpha value is -2.58. The molecule has 0 aliphatic carbocycles. The molecular formula is C11H13N5O7S2. The number of amides is 2. The number of aromatic nitrogens is 1. The van der Waals surface area contributed by atoms with Crippen LogP contribution < -0.4 is 11.1 Å². The number of β-lactam (4-membered cyclic amide) rings is 1. The number of nitrogens with one attached hydrogen (secondary N) is 1. The standard InChI is InChI=1S/C11H13N5O7S2/c1-4(17)8-7(10(19)16(8)25(20,21)22)14-9(18)6(15-23-2)5-3-24-11(12)13-5/h3,7-8H,1-2H3,(H2,12,13)(H,14,18)(H,20,21,22). The van der Waals surface area contributed by atoms with E-state index in [2.05, 4.69) is 20.3 Å². The Labute approximate surface area is 145 Å². The normalized spacial score (nSPS) is 20.8. The van der Waals surface area contributed by atoms with E-state index >= 15 is 0 Å². The van der Waals surface area contributed by atoms with Crippen LogP contribution in [0.3, 0.4) is 0 Å². The van der Waals surface area contributed by atoms with Crippen molar-refractivity contribution in [2.75, 3.05) is 12.8 Å². The maximum Gasteiger partial charge on any atom is 0.363 e. The summed E-state index contributed by atoms with van der Waals surface area (Å²) < 4.78 is 31.3. The zero-order valence-electron chi connectivity index (χ0n) is 12.9. The van der Waals surface area contributed by atoms with Crippen LogP contribution in [0.25, 0.3) is 0 Å². The van der Waals surface area contributed by atoms with Crippen LogP contribution in [-0.2, 0) is 29.5 Å². The van der Waals surface area contributed by atoms with Crippen LogP contribution in [0.5, 0.6) is 0 Å². The summed E-state index contributed by atoms with van der Waals surface area (Å²) >= 11 is 1.03. The number of hydrogen-bond acceptors (Lipinski definition) is 10. The molecule has 1 aliphatic heterocycles. The number of nitrogens with zero attached hydrogens (tertiary/aromatic N) is 3. The predicted octanol–water partition coefficient (Wildman–Crippen LogP) is -1.84. The van der Waals surface area contributed by atoms with Crippen molar-refractivity contribution in [2.24, 2.45) is 5.16 Å². The lowest BCUT2D eigenvalue weighted by Gasteiger charge is -2.42. The van der Waals surface area contributed by atoms with Gasteiger partial charge in [0, 0.05) is 5.38 Å². The van der Waals surface area contributed by atoms with E-state index in [4.69, 9.17) is 10.3 Å². The lowest BCUT2D eigenvalue weighted by molar-refractivity contribution is -0.150. The highest BCUT2D eigenvalue weighted by Gasteiger charge is 2.56. The number of nitrogens with two attached hydrogens (primary N) is 1. The topological polar surface area (TPSA) is 181 Å². The van der Waals surface area contributed by atoms with Gasteiger partial charge in [-0.25, -0.2) is 9.29 Å². The minimum atomic E-state index is -4.93. The molecule has 12 nitrogen and oxygen atoms in total. The van der Waals surface area contributed by atoms with E-state index in [1.807, 2.05) is 0 Å². The van der Waals surface area contributed by atoms with Gasteiger partial charge in [-0.3, -0.25) is 18.9 Å². The third-order valence-corrected chi connectivity index (χ3v) is 4.74. The van der Waals surface area contributed by atoms with Gasteiger partial charge in [-0.2, -0.15) is 8.42 Å². The summed E-state index contributed by atoms with van der Waals surface area (Å²) in [6, 6.07) is -3.04. The molecule has 2 amide bonds. The third kappa shape index (κ3) is 3.59. The molecule has 1 aliphatic rings. The Morgan fingerprint density at radius 1 is 1.52 bits per heavy atom. The molecule has 0 saturated carbocycles. The maximum absolute atomic E-state index is 12.3. The van der Waals surface area contributed by atoms with Crippen LogP contribution in [0.4, 0.5) is 5.13 Å². The van der Waals surface area contributed by atoms with Crippen molar-refractivity contribution in [3.63, 3.8) is 0 Å². The second kappa shape index (κ2) is 6.73. The molecule has 0 spiro atoms. The van der Waals surface area contributed by atoms with Crippen molar-refractivity contribution in [1.82, 2.24) is 14.6 Å². The second-order valence-corrected chi connectivity index (χ2v) is 6.99. The lowest BCUT2D eigenvalue weighted by Crippen LogP contribution is -2.74. The smallest absolute Gasteiger partial charge is 0.363 e. The monoisotopic (exact) mass is 391 g/mol. The molecule has 136 valence electrons. The van der Waals surface area contributed by atoms with E-state index in [0.717, 1.165) is 18.3 Å². The van der Waals surface area contributed by atoms with Crippen LogP contribution in [-0.4, -0.2) is 64.8 Å². The zero-order chi connectivity index (χ0) is 18.9. The quantitative estimate of drug-likeness (QED) is 0.217. The molecule has 0 bridgehead atoms. The molecule has 2 heterocycles. The van der Waals surface area contributed by atoms with Crippen LogP contribution in [0.15, 0.2) is 10.5 Å². The Balaban J connectivity index is 2.25. The summed E-state index contributed by atoms with van der Waals surface area (Å²) in [5, 5.41) is 7.25. The van der Waals surface area contributed by atoms with Gasteiger partial charge >= 0.3 is 10.3 Å². The number of Topliss-reactive ketones (excluding diaryl/α,β-unsaturated/α-hetero) is 1. The molecule has 1 fully saturated rings. The van der Waals surface area contributed by atoms with Gasteiger partial charge in [0.1, 0.15) is 24.9 Å². The van der Waals surface area contributed by atoms with Crippen molar-refractivity contribution < 1.29 is 32.2 Å². The summed E-state index contributed by atoms with van der Waals surface area (Å²) in [5.74, 6) is -2.84. The number of anilines is 1. The first-order valence-electron chi connectivity index (χ1n) is 6.52. The average Bonchev–Trinajstić information content (AvgIpc) is 2.91.